The van der Waals surface area contributed by atoms with Crippen molar-refractivity contribution in [2.45, 2.75) is 64.5 Å². The van der Waals surface area contributed by atoms with Crippen LogP contribution in [0.2, 0.25) is 0 Å². The van der Waals surface area contributed by atoms with Crippen LogP contribution in [-0.2, 0) is 14.3 Å². The van der Waals surface area contributed by atoms with Gasteiger partial charge in [0.2, 0.25) is 5.91 Å². The van der Waals surface area contributed by atoms with E-state index < -0.39 is 30.1 Å². The van der Waals surface area contributed by atoms with Gasteiger partial charge in [-0.1, -0.05) is 88.6 Å². The number of rotatable bonds is 11. The third-order valence-electron chi connectivity index (χ3n) is 6.57. The first-order valence-corrected chi connectivity index (χ1v) is 12.0. The summed E-state index contributed by atoms with van der Waals surface area (Å²) in [5.41, 5.74) is 4.48. The number of hydrogen-bond acceptors (Lipinski definition) is 4. The number of benzene rings is 2. The van der Waals surface area contributed by atoms with E-state index in [1.54, 1.807) is 0 Å². The van der Waals surface area contributed by atoms with Crippen LogP contribution in [0.3, 0.4) is 0 Å². The summed E-state index contributed by atoms with van der Waals surface area (Å²) in [6.45, 7) is 5.86. The minimum Gasteiger partial charge on any atom is -0.480 e. The van der Waals surface area contributed by atoms with Crippen LogP contribution < -0.4 is 10.6 Å². The van der Waals surface area contributed by atoms with Crippen molar-refractivity contribution < 1.29 is 24.2 Å². The quantitative estimate of drug-likeness (QED) is 0.445. The van der Waals surface area contributed by atoms with Crippen LogP contribution >= 0.6 is 0 Å². The van der Waals surface area contributed by atoms with E-state index in [2.05, 4.69) is 22.8 Å². The Bertz CT molecular complexity index is 976. The highest BCUT2D eigenvalue weighted by molar-refractivity contribution is 5.89. The minimum absolute atomic E-state index is 0.0838. The Morgan fingerprint density at radius 1 is 0.971 bits per heavy atom. The molecule has 0 radical (unpaired) electrons. The molecule has 2 aromatic carbocycles. The van der Waals surface area contributed by atoms with E-state index in [4.69, 9.17) is 4.74 Å². The monoisotopic (exact) mass is 466 g/mol. The number of carbonyl (C=O) groups excluding carboxylic acids is 2. The SMILES string of the molecule is CCCCC(NC(=O)[C@@H](NC(=O)OCC1c2ccccc2-c2ccccc21)[C@@H](C)CC)C(=O)O. The number of carboxylic acids is 1. The Kier molecular flexibility index (Phi) is 8.68. The van der Waals surface area contributed by atoms with Gasteiger partial charge in [-0.15, -0.1) is 0 Å². The number of fused-ring (bicyclic) bond motifs is 3. The number of amides is 2. The summed E-state index contributed by atoms with van der Waals surface area (Å²) in [4.78, 5) is 37.2. The second-order valence-corrected chi connectivity index (χ2v) is 8.87. The lowest BCUT2D eigenvalue weighted by Gasteiger charge is -2.25. The Labute approximate surface area is 200 Å². The maximum atomic E-state index is 12.9. The molecular weight excluding hydrogens is 432 g/mol. The number of carboxylic acid groups (broad SMARTS) is 1. The maximum absolute atomic E-state index is 12.9. The zero-order valence-corrected chi connectivity index (χ0v) is 20.0. The van der Waals surface area contributed by atoms with Crippen molar-refractivity contribution in [3.63, 3.8) is 0 Å². The van der Waals surface area contributed by atoms with E-state index in [0.29, 0.717) is 19.3 Å². The molecule has 3 atom stereocenters. The summed E-state index contributed by atoms with van der Waals surface area (Å²) in [7, 11) is 0. The van der Waals surface area contributed by atoms with Gasteiger partial charge in [-0.25, -0.2) is 9.59 Å². The maximum Gasteiger partial charge on any atom is 0.407 e. The van der Waals surface area contributed by atoms with Gasteiger partial charge < -0.3 is 20.5 Å². The van der Waals surface area contributed by atoms with Gasteiger partial charge in [-0.2, -0.15) is 0 Å². The molecule has 2 amide bonds. The van der Waals surface area contributed by atoms with Gasteiger partial charge in [-0.3, -0.25) is 4.79 Å². The van der Waals surface area contributed by atoms with E-state index in [0.717, 1.165) is 28.7 Å². The lowest BCUT2D eigenvalue weighted by Crippen LogP contribution is -2.54. The molecule has 1 unspecified atom stereocenters. The van der Waals surface area contributed by atoms with Gasteiger partial charge in [0.1, 0.15) is 18.7 Å². The number of carbonyl (C=O) groups is 3. The second kappa shape index (κ2) is 11.7. The van der Waals surface area contributed by atoms with Crippen molar-refractivity contribution in [3.8, 4) is 11.1 Å². The van der Waals surface area contributed by atoms with Crippen LogP contribution in [0.4, 0.5) is 4.79 Å². The summed E-state index contributed by atoms with van der Waals surface area (Å²) in [6, 6.07) is 14.3. The normalized spacial score (nSPS) is 14.9. The predicted molar refractivity (Wildman–Crippen MR) is 131 cm³/mol. The lowest BCUT2D eigenvalue weighted by molar-refractivity contribution is -0.142. The van der Waals surface area contributed by atoms with Crippen LogP contribution in [0.5, 0.6) is 0 Å². The molecule has 7 nitrogen and oxygen atoms in total. The first kappa shape index (κ1) is 25.3. The van der Waals surface area contributed by atoms with E-state index >= 15 is 0 Å². The molecule has 0 saturated heterocycles. The third kappa shape index (κ3) is 5.76. The van der Waals surface area contributed by atoms with Crippen LogP contribution in [-0.4, -0.2) is 41.8 Å². The highest BCUT2D eigenvalue weighted by Crippen LogP contribution is 2.44. The van der Waals surface area contributed by atoms with Crippen molar-refractivity contribution in [1.29, 1.82) is 0 Å². The molecule has 0 heterocycles. The molecule has 1 aliphatic carbocycles. The number of hydrogen-bond donors (Lipinski definition) is 3. The van der Waals surface area contributed by atoms with E-state index in [9.17, 15) is 19.5 Å². The summed E-state index contributed by atoms with van der Waals surface area (Å²) in [5.74, 6) is -1.86. The molecule has 7 heteroatoms. The number of unbranched alkanes of at least 4 members (excludes halogenated alkanes) is 1. The summed E-state index contributed by atoms with van der Waals surface area (Å²) in [5, 5.41) is 14.7. The molecule has 0 fully saturated rings. The molecule has 2 aromatic rings. The van der Waals surface area contributed by atoms with Gasteiger partial charge in [-0.05, 0) is 34.6 Å². The number of aliphatic carboxylic acids is 1. The van der Waals surface area contributed by atoms with E-state index in [1.165, 1.54) is 0 Å². The summed E-state index contributed by atoms with van der Waals surface area (Å²) < 4.78 is 5.59. The molecule has 1 aliphatic rings. The van der Waals surface area contributed by atoms with Crippen LogP contribution in [0, 0.1) is 5.92 Å². The average Bonchev–Trinajstić information content (AvgIpc) is 3.16. The fourth-order valence-electron chi connectivity index (χ4n) is 4.40. The fourth-order valence-corrected chi connectivity index (χ4v) is 4.40. The molecule has 3 rings (SSSR count). The van der Waals surface area contributed by atoms with Crippen molar-refractivity contribution in [2.24, 2.45) is 5.92 Å². The fraction of sp³-hybridized carbons (Fsp3) is 0.444. The molecule has 0 aliphatic heterocycles. The molecule has 34 heavy (non-hydrogen) atoms. The Morgan fingerprint density at radius 2 is 1.56 bits per heavy atom. The molecule has 182 valence electrons. The van der Waals surface area contributed by atoms with E-state index in [1.807, 2.05) is 57.2 Å². The van der Waals surface area contributed by atoms with Crippen LogP contribution in [0.15, 0.2) is 48.5 Å². The highest BCUT2D eigenvalue weighted by atomic mass is 16.5. The van der Waals surface area contributed by atoms with Gasteiger partial charge >= 0.3 is 12.1 Å². The minimum atomic E-state index is -1.08. The Balaban J connectivity index is 1.66. The standard InChI is InChI=1S/C27H34N2O5/c1-4-6-15-23(26(31)32)28-25(30)24(17(3)5-2)29-27(33)34-16-22-20-13-9-7-11-18(20)19-12-8-10-14-21(19)22/h7-14,17,22-24H,4-6,15-16H2,1-3H3,(H,28,30)(H,29,33)(H,31,32)/t17-,23?,24-/m0/s1. The molecule has 3 N–H and O–H groups in total. The molecule has 0 spiro atoms. The molecule has 0 saturated carbocycles. The average molecular weight is 467 g/mol. The van der Waals surface area contributed by atoms with Gasteiger partial charge in [0, 0.05) is 5.92 Å². The molecule has 0 bridgehead atoms. The topological polar surface area (TPSA) is 105 Å². The number of nitrogens with one attached hydrogen (secondary N) is 2. The van der Waals surface area contributed by atoms with E-state index in [-0.39, 0.29) is 18.4 Å². The zero-order chi connectivity index (χ0) is 24.7. The van der Waals surface area contributed by atoms with Crippen LogP contribution in [0.25, 0.3) is 11.1 Å². The third-order valence-corrected chi connectivity index (χ3v) is 6.57. The smallest absolute Gasteiger partial charge is 0.407 e. The van der Waals surface area contributed by atoms with Crippen molar-refractivity contribution in [3.05, 3.63) is 59.7 Å². The summed E-state index contributed by atoms with van der Waals surface area (Å²) in [6.07, 6.45) is 1.80. The molecular formula is C27H34N2O5. The highest BCUT2D eigenvalue weighted by Gasteiger charge is 2.32. The van der Waals surface area contributed by atoms with Crippen molar-refractivity contribution in [2.75, 3.05) is 6.61 Å². The van der Waals surface area contributed by atoms with Gasteiger partial charge in [0.05, 0.1) is 0 Å². The Hall–Kier alpha value is -3.35. The largest absolute Gasteiger partial charge is 0.480 e. The first-order valence-electron chi connectivity index (χ1n) is 12.0. The lowest BCUT2D eigenvalue weighted by atomic mass is 9.97. The summed E-state index contributed by atoms with van der Waals surface area (Å²) >= 11 is 0. The van der Waals surface area contributed by atoms with Crippen molar-refractivity contribution >= 4 is 18.0 Å². The van der Waals surface area contributed by atoms with Crippen molar-refractivity contribution in [1.82, 2.24) is 10.6 Å². The van der Waals surface area contributed by atoms with Gasteiger partial charge in [0.15, 0.2) is 0 Å². The molecule has 0 aromatic heterocycles. The number of ether oxygens (including phenoxy) is 1. The zero-order valence-electron chi connectivity index (χ0n) is 20.0. The Morgan fingerprint density at radius 3 is 2.09 bits per heavy atom. The second-order valence-electron chi connectivity index (χ2n) is 8.87. The predicted octanol–water partition coefficient (Wildman–Crippen LogP) is 4.70. The number of alkyl carbamates (subject to hydrolysis) is 1. The first-order chi connectivity index (χ1) is 16.4. The van der Waals surface area contributed by atoms with Crippen LogP contribution in [0.1, 0.15) is 63.5 Å². The van der Waals surface area contributed by atoms with Gasteiger partial charge in [0.25, 0.3) is 0 Å².